The molecule has 5 aromatic rings. The lowest BCUT2D eigenvalue weighted by molar-refractivity contribution is 0.0696. The summed E-state index contributed by atoms with van der Waals surface area (Å²) in [5.41, 5.74) is 4.24. The van der Waals surface area contributed by atoms with Crippen LogP contribution in [-0.2, 0) is 29.8 Å². The average Bonchev–Trinajstić information content (AvgIpc) is 3.13. The maximum absolute atomic E-state index is 14.0. The first-order chi connectivity index (χ1) is 23.4. The van der Waals surface area contributed by atoms with Crippen LogP contribution in [0.15, 0.2) is 132 Å². The molecule has 0 radical (unpaired) electrons. The van der Waals surface area contributed by atoms with Crippen LogP contribution in [0.25, 0.3) is 0 Å². The van der Waals surface area contributed by atoms with E-state index in [-0.39, 0.29) is 56.8 Å². The molecule has 0 bridgehead atoms. The highest BCUT2D eigenvalue weighted by Crippen LogP contribution is 2.41. The number of nitrogens with zero attached hydrogens (tertiary/aromatic N) is 2. The van der Waals surface area contributed by atoms with Gasteiger partial charge in [0.2, 0.25) is 15.8 Å². The number of piperazine rings is 1. The van der Waals surface area contributed by atoms with Gasteiger partial charge in [0.15, 0.2) is 11.5 Å². The quantitative estimate of drug-likeness (QED) is 0.145. The highest BCUT2D eigenvalue weighted by Gasteiger charge is 2.31. The Bertz CT molecular complexity index is 1850. The third kappa shape index (κ3) is 8.05. The molecule has 9 heteroatoms. The van der Waals surface area contributed by atoms with Crippen molar-refractivity contribution in [1.82, 2.24) is 9.21 Å². The molecule has 246 valence electrons. The molecule has 5 aromatic carbocycles. The van der Waals surface area contributed by atoms with Gasteiger partial charge in [-0.25, -0.2) is 8.42 Å². The van der Waals surface area contributed by atoms with Crippen molar-refractivity contribution in [3.63, 3.8) is 0 Å². The fourth-order valence-corrected chi connectivity index (χ4v) is 6.85. The number of rotatable bonds is 12. The second kappa shape index (κ2) is 15.2. The number of hydrogen-bond acceptors (Lipinski definition) is 6. The first kappa shape index (κ1) is 32.8. The minimum atomic E-state index is -3.67. The van der Waals surface area contributed by atoms with Gasteiger partial charge in [0.1, 0.15) is 19.8 Å². The van der Waals surface area contributed by atoms with Gasteiger partial charge in [-0.05, 0) is 47.9 Å². The van der Waals surface area contributed by atoms with Crippen molar-refractivity contribution in [2.45, 2.75) is 31.6 Å². The minimum absolute atomic E-state index is 0.189. The fraction of sp³-hybridized carbons (Fsp3) is 0.205. The van der Waals surface area contributed by atoms with Crippen molar-refractivity contribution < 1.29 is 27.4 Å². The second-order valence-corrected chi connectivity index (χ2v) is 13.6. The highest BCUT2D eigenvalue weighted by molar-refractivity contribution is 7.89. The van der Waals surface area contributed by atoms with Crippen molar-refractivity contribution in [2.24, 2.45) is 0 Å². The number of ether oxygens (including phenoxy) is 3. The monoisotopic (exact) mass is 662 g/mol. The SMILES string of the molecule is Cc1ccc(S(=O)(=O)N2CCN(C(=O)c3cc(OCc4ccccc4)c(OCc4ccccc4)c(OCc4ccccc4)c3)CC2)cc1. The van der Waals surface area contributed by atoms with E-state index in [9.17, 15) is 13.2 Å². The third-order valence-corrected chi connectivity index (χ3v) is 10.1. The van der Waals surface area contributed by atoms with Crippen LogP contribution < -0.4 is 14.2 Å². The smallest absolute Gasteiger partial charge is 0.254 e. The number of sulfonamides is 1. The van der Waals surface area contributed by atoms with Gasteiger partial charge in [0.05, 0.1) is 4.90 Å². The molecule has 8 nitrogen and oxygen atoms in total. The van der Waals surface area contributed by atoms with Gasteiger partial charge < -0.3 is 19.1 Å². The minimum Gasteiger partial charge on any atom is -0.485 e. The summed E-state index contributed by atoms with van der Waals surface area (Å²) in [5.74, 6) is 0.913. The Morgan fingerprint density at radius 2 is 1.04 bits per heavy atom. The zero-order chi connectivity index (χ0) is 33.3. The largest absolute Gasteiger partial charge is 0.485 e. The predicted octanol–water partition coefficient (Wildman–Crippen LogP) is 6.88. The zero-order valence-electron chi connectivity index (χ0n) is 26.8. The van der Waals surface area contributed by atoms with Crippen molar-refractivity contribution in [2.75, 3.05) is 26.2 Å². The molecule has 48 heavy (non-hydrogen) atoms. The maximum Gasteiger partial charge on any atom is 0.254 e. The van der Waals surface area contributed by atoms with Crippen molar-refractivity contribution >= 4 is 15.9 Å². The Morgan fingerprint density at radius 1 is 0.604 bits per heavy atom. The molecule has 0 atom stereocenters. The van der Waals surface area contributed by atoms with E-state index in [0.29, 0.717) is 22.8 Å². The van der Waals surface area contributed by atoms with Gasteiger partial charge >= 0.3 is 0 Å². The maximum atomic E-state index is 14.0. The molecule has 1 aliphatic rings. The molecule has 1 fully saturated rings. The summed E-state index contributed by atoms with van der Waals surface area (Å²) in [6, 6.07) is 39.5. The first-order valence-corrected chi connectivity index (χ1v) is 17.3. The molecule has 6 rings (SSSR count). The molecule has 0 aromatic heterocycles. The standard InChI is InChI=1S/C39H38N2O6S/c1-30-17-19-35(20-18-30)48(43,44)41-23-21-40(22-24-41)39(42)34-25-36(45-27-31-11-5-2-6-12-31)38(47-29-33-15-9-4-10-16-33)37(26-34)46-28-32-13-7-3-8-14-32/h2-20,25-26H,21-24,27-29H2,1H3. The number of benzene rings is 5. The van der Waals surface area contributed by atoms with E-state index in [2.05, 4.69) is 0 Å². The summed E-state index contributed by atoms with van der Waals surface area (Å²) in [6.07, 6.45) is 0. The molecule has 0 saturated carbocycles. The molecule has 0 unspecified atom stereocenters. The molecule has 0 spiro atoms. The molecule has 0 N–H and O–H groups in total. The van der Waals surface area contributed by atoms with E-state index < -0.39 is 10.0 Å². The number of aryl methyl sites for hydroxylation is 1. The van der Waals surface area contributed by atoms with Crippen molar-refractivity contribution in [3.8, 4) is 17.2 Å². The lowest BCUT2D eigenvalue weighted by Gasteiger charge is -2.34. The Balaban J connectivity index is 1.27. The van der Waals surface area contributed by atoms with Crippen LogP contribution in [0.5, 0.6) is 17.2 Å². The van der Waals surface area contributed by atoms with Crippen molar-refractivity contribution in [3.05, 3.63) is 155 Å². The molecular weight excluding hydrogens is 625 g/mol. The van der Waals surface area contributed by atoms with Crippen LogP contribution in [0.3, 0.4) is 0 Å². The van der Waals surface area contributed by atoms with E-state index in [1.165, 1.54) is 4.31 Å². The lowest BCUT2D eigenvalue weighted by Crippen LogP contribution is -2.50. The predicted molar refractivity (Wildman–Crippen MR) is 185 cm³/mol. The van der Waals surface area contributed by atoms with E-state index in [1.807, 2.05) is 97.9 Å². The van der Waals surface area contributed by atoms with Gasteiger partial charge in [-0.3, -0.25) is 4.79 Å². The summed E-state index contributed by atoms with van der Waals surface area (Å²) < 4.78 is 47.1. The molecular formula is C39H38N2O6S. The topological polar surface area (TPSA) is 85.4 Å². The summed E-state index contributed by atoms with van der Waals surface area (Å²) in [7, 11) is -3.67. The average molecular weight is 663 g/mol. The summed E-state index contributed by atoms with van der Waals surface area (Å²) in [5, 5.41) is 0. The first-order valence-electron chi connectivity index (χ1n) is 15.9. The normalized spacial score (nSPS) is 13.6. The molecule has 1 aliphatic heterocycles. The molecule has 1 saturated heterocycles. The van der Waals surface area contributed by atoms with Crippen LogP contribution >= 0.6 is 0 Å². The Kier molecular flexibility index (Phi) is 10.4. The summed E-state index contributed by atoms with van der Waals surface area (Å²) >= 11 is 0. The fourth-order valence-electron chi connectivity index (χ4n) is 5.43. The van der Waals surface area contributed by atoms with Gasteiger partial charge in [0, 0.05) is 31.7 Å². The van der Waals surface area contributed by atoms with E-state index in [4.69, 9.17) is 14.2 Å². The van der Waals surface area contributed by atoms with Gasteiger partial charge in [-0.1, -0.05) is 109 Å². The van der Waals surface area contributed by atoms with E-state index in [1.54, 1.807) is 41.3 Å². The Morgan fingerprint density at radius 3 is 1.50 bits per heavy atom. The van der Waals surface area contributed by atoms with Crippen LogP contribution in [-0.4, -0.2) is 49.7 Å². The highest BCUT2D eigenvalue weighted by atomic mass is 32.2. The van der Waals surface area contributed by atoms with Gasteiger partial charge in [0.25, 0.3) is 5.91 Å². The molecule has 1 amide bonds. The number of carbonyl (C=O) groups excluding carboxylic acids is 1. The molecule has 0 aliphatic carbocycles. The van der Waals surface area contributed by atoms with Crippen LogP contribution in [0.1, 0.15) is 32.6 Å². The number of amides is 1. The Hall–Kier alpha value is -5.12. The van der Waals surface area contributed by atoms with Crippen LogP contribution in [0.2, 0.25) is 0 Å². The van der Waals surface area contributed by atoms with Gasteiger partial charge in [-0.2, -0.15) is 4.31 Å². The van der Waals surface area contributed by atoms with Gasteiger partial charge in [-0.15, -0.1) is 0 Å². The lowest BCUT2D eigenvalue weighted by atomic mass is 10.1. The Labute approximate surface area is 282 Å². The number of carbonyl (C=O) groups is 1. The third-order valence-electron chi connectivity index (χ3n) is 8.15. The summed E-state index contributed by atoms with van der Waals surface area (Å²) in [6.45, 7) is 3.58. The van der Waals surface area contributed by atoms with E-state index in [0.717, 1.165) is 22.3 Å². The van der Waals surface area contributed by atoms with Crippen LogP contribution in [0.4, 0.5) is 0 Å². The van der Waals surface area contributed by atoms with Crippen LogP contribution in [0, 0.1) is 6.92 Å². The number of hydrogen-bond donors (Lipinski definition) is 0. The zero-order valence-corrected chi connectivity index (χ0v) is 27.6. The van der Waals surface area contributed by atoms with Crippen molar-refractivity contribution in [1.29, 1.82) is 0 Å². The van der Waals surface area contributed by atoms with E-state index >= 15 is 0 Å². The molecule has 1 heterocycles. The summed E-state index contributed by atoms with van der Waals surface area (Å²) in [4.78, 5) is 15.9. The second-order valence-electron chi connectivity index (χ2n) is 11.6.